The summed E-state index contributed by atoms with van der Waals surface area (Å²) in [5.41, 5.74) is 2.17. The SMILES string of the molecule is [NH]Nc1ccccn1. The summed E-state index contributed by atoms with van der Waals surface area (Å²) in [6.07, 6.45) is 1.64. The van der Waals surface area contributed by atoms with Crippen molar-refractivity contribution in [2.75, 3.05) is 5.43 Å². The van der Waals surface area contributed by atoms with Crippen LogP contribution in [0, 0.1) is 0 Å². The van der Waals surface area contributed by atoms with Gasteiger partial charge in [-0.05, 0) is 12.1 Å². The maximum absolute atomic E-state index is 6.63. The Morgan fingerprint density at radius 2 is 2.38 bits per heavy atom. The highest BCUT2D eigenvalue weighted by atomic mass is 15.2. The summed E-state index contributed by atoms with van der Waals surface area (Å²) in [5, 5.41) is 0. The quantitative estimate of drug-likeness (QED) is 0.538. The standard InChI is InChI=1S/C5H6N3/c6-8-5-3-1-2-4-7-5/h1-4,6H,(H,7,8). The zero-order valence-electron chi connectivity index (χ0n) is 4.26. The van der Waals surface area contributed by atoms with Crippen LogP contribution in [0.4, 0.5) is 5.82 Å². The van der Waals surface area contributed by atoms with Gasteiger partial charge in [0.1, 0.15) is 5.82 Å². The van der Waals surface area contributed by atoms with Crippen molar-refractivity contribution in [2.24, 2.45) is 0 Å². The van der Waals surface area contributed by atoms with E-state index < -0.39 is 0 Å². The maximum Gasteiger partial charge on any atom is 0.141 e. The third-order valence-electron chi connectivity index (χ3n) is 0.793. The number of rotatable bonds is 1. The van der Waals surface area contributed by atoms with Crippen LogP contribution in [0.15, 0.2) is 24.4 Å². The first-order valence-corrected chi connectivity index (χ1v) is 2.27. The van der Waals surface area contributed by atoms with Crippen molar-refractivity contribution in [1.29, 1.82) is 0 Å². The minimum Gasteiger partial charge on any atom is -0.291 e. The van der Waals surface area contributed by atoms with Crippen LogP contribution in [-0.4, -0.2) is 4.98 Å². The Labute approximate surface area is 47.5 Å². The predicted octanol–water partition coefficient (Wildman–Crippen LogP) is 0.691. The molecule has 0 aliphatic heterocycles. The van der Waals surface area contributed by atoms with Crippen molar-refractivity contribution in [3.05, 3.63) is 24.4 Å². The molecule has 0 aliphatic carbocycles. The molecule has 0 aromatic carbocycles. The van der Waals surface area contributed by atoms with E-state index in [2.05, 4.69) is 10.4 Å². The normalized spacial score (nSPS) is 8.62. The average molecular weight is 108 g/mol. The van der Waals surface area contributed by atoms with Crippen LogP contribution in [0.3, 0.4) is 0 Å². The van der Waals surface area contributed by atoms with Crippen molar-refractivity contribution in [3.8, 4) is 0 Å². The van der Waals surface area contributed by atoms with E-state index in [1.807, 2.05) is 6.07 Å². The van der Waals surface area contributed by atoms with Gasteiger partial charge >= 0.3 is 0 Å². The lowest BCUT2D eigenvalue weighted by atomic mass is 10.5. The third-order valence-corrected chi connectivity index (χ3v) is 0.793. The second-order valence-corrected chi connectivity index (χ2v) is 1.34. The molecule has 1 heterocycles. The second kappa shape index (κ2) is 2.28. The molecular weight excluding hydrogens is 102 g/mol. The smallest absolute Gasteiger partial charge is 0.141 e. The van der Waals surface area contributed by atoms with Crippen LogP contribution >= 0.6 is 0 Å². The Hall–Kier alpha value is -1.09. The van der Waals surface area contributed by atoms with Crippen LogP contribution in [0.25, 0.3) is 0 Å². The van der Waals surface area contributed by atoms with E-state index >= 15 is 0 Å². The van der Waals surface area contributed by atoms with Gasteiger partial charge in [0.05, 0.1) is 0 Å². The summed E-state index contributed by atoms with van der Waals surface area (Å²) in [7, 11) is 0. The Balaban J connectivity index is 2.83. The third kappa shape index (κ3) is 0.946. The highest BCUT2D eigenvalue weighted by Gasteiger charge is 1.80. The van der Waals surface area contributed by atoms with Gasteiger partial charge in [0.15, 0.2) is 0 Å². The van der Waals surface area contributed by atoms with Crippen molar-refractivity contribution in [1.82, 2.24) is 10.8 Å². The van der Waals surface area contributed by atoms with Crippen molar-refractivity contribution in [3.63, 3.8) is 0 Å². The molecule has 0 fully saturated rings. The van der Waals surface area contributed by atoms with E-state index in [9.17, 15) is 0 Å². The summed E-state index contributed by atoms with van der Waals surface area (Å²) >= 11 is 0. The summed E-state index contributed by atoms with van der Waals surface area (Å²) in [6.45, 7) is 0. The van der Waals surface area contributed by atoms with Gasteiger partial charge in [-0.15, -0.1) is 0 Å². The Morgan fingerprint density at radius 1 is 1.50 bits per heavy atom. The molecule has 0 amide bonds. The number of hydrogen-bond acceptors (Lipinski definition) is 2. The molecule has 1 radical (unpaired) electrons. The van der Waals surface area contributed by atoms with Gasteiger partial charge in [0.2, 0.25) is 0 Å². The molecule has 0 saturated carbocycles. The molecule has 1 aromatic rings. The number of pyridine rings is 1. The van der Waals surface area contributed by atoms with E-state index in [1.54, 1.807) is 18.3 Å². The summed E-state index contributed by atoms with van der Waals surface area (Å²) < 4.78 is 0. The molecule has 0 atom stereocenters. The van der Waals surface area contributed by atoms with E-state index in [4.69, 9.17) is 5.84 Å². The summed E-state index contributed by atoms with van der Waals surface area (Å²) in [5.74, 6) is 7.21. The van der Waals surface area contributed by atoms with Crippen molar-refractivity contribution >= 4 is 5.82 Å². The van der Waals surface area contributed by atoms with Crippen LogP contribution in [-0.2, 0) is 0 Å². The van der Waals surface area contributed by atoms with Gasteiger partial charge < -0.3 is 0 Å². The fraction of sp³-hybridized carbons (Fsp3) is 0. The minimum atomic E-state index is 0.576. The minimum absolute atomic E-state index is 0.576. The second-order valence-electron chi connectivity index (χ2n) is 1.34. The van der Waals surface area contributed by atoms with Crippen molar-refractivity contribution in [2.45, 2.75) is 0 Å². The van der Waals surface area contributed by atoms with Gasteiger partial charge in [-0.25, -0.2) is 4.98 Å². The maximum atomic E-state index is 6.63. The highest BCUT2D eigenvalue weighted by molar-refractivity contribution is 5.30. The van der Waals surface area contributed by atoms with Gasteiger partial charge in [-0.3, -0.25) is 5.43 Å². The molecule has 3 heteroatoms. The molecule has 3 nitrogen and oxygen atoms in total. The predicted molar refractivity (Wildman–Crippen MR) is 31.0 cm³/mol. The van der Waals surface area contributed by atoms with Crippen LogP contribution in [0.1, 0.15) is 0 Å². The molecule has 2 N–H and O–H groups in total. The number of nitrogens with one attached hydrogen (secondary N) is 2. The fourth-order valence-electron chi connectivity index (χ4n) is 0.437. The molecule has 0 spiro atoms. The first kappa shape index (κ1) is 5.05. The zero-order chi connectivity index (χ0) is 5.82. The Kier molecular flexibility index (Phi) is 1.44. The van der Waals surface area contributed by atoms with E-state index in [0.717, 1.165) is 0 Å². The molecule has 0 saturated heterocycles. The first-order valence-electron chi connectivity index (χ1n) is 2.27. The topological polar surface area (TPSA) is 48.7 Å². The average Bonchev–Trinajstić information content (AvgIpc) is 1.90. The molecule has 41 valence electrons. The molecule has 1 rings (SSSR count). The summed E-state index contributed by atoms with van der Waals surface area (Å²) in [4.78, 5) is 3.80. The van der Waals surface area contributed by atoms with Gasteiger partial charge in [0.25, 0.3) is 0 Å². The number of nitrogens with zero attached hydrogens (tertiary/aromatic N) is 1. The van der Waals surface area contributed by atoms with Gasteiger partial charge in [0, 0.05) is 6.20 Å². The summed E-state index contributed by atoms with van der Waals surface area (Å²) in [6, 6.07) is 5.36. The fourth-order valence-corrected chi connectivity index (χ4v) is 0.437. The highest BCUT2D eigenvalue weighted by Crippen LogP contribution is 1.95. The molecule has 0 bridgehead atoms. The van der Waals surface area contributed by atoms with Gasteiger partial charge in [-0.1, -0.05) is 6.07 Å². The molecule has 0 unspecified atom stereocenters. The van der Waals surface area contributed by atoms with Crippen LogP contribution in [0.2, 0.25) is 0 Å². The van der Waals surface area contributed by atoms with E-state index in [-0.39, 0.29) is 0 Å². The van der Waals surface area contributed by atoms with E-state index in [1.165, 1.54) is 0 Å². The van der Waals surface area contributed by atoms with E-state index in [0.29, 0.717) is 5.82 Å². The zero-order valence-corrected chi connectivity index (χ0v) is 4.26. The Bertz CT molecular complexity index is 149. The van der Waals surface area contributed by atoms with Crippen molar-refractivity contribution < 1.29 is 0 Å². The lowest BCUT2D eigenvalue weighted by Gasteiger charge is -1.91. The number of aromatic nitrogens is 1. The molecule has 1 aromatic heterocycles. The molecule has 0 aliphatic rings. The monoisotopic (exact) mass is 108 g/mol. The first-order chi connectivity index (χ1) is 3.93. The number of anilines is 1. The lowest BCUT2D eigenvalue weighted by Crippen LogP contribution is -1.93. The van der Waals surface area contributed by atoms with Crippen LogP contribution < -0.4 is 11.3 Å². The number of hydrogen-bond donors (Lipinski definition) is 1. The van der Waals surface area contributed by atoms with Gasteiger partial charge in [-0.2, -0.15) is 5.84 Å². The lowest BCUT2D eigenvalue weighted by molar-refractivity contribution is 1.20. The van der Waals surface area contributed by atoms with Crippen LogP contribution in [0.5, 0.6) is 0 Å². The molecular formula is C5H6N3. The Morgan fingerprint density at radius 3 is 2.75 bits per heavy atom. The molecule has 8 heavy (non-hydrogen) atoms. The largest absolute Gasteiger partial charge is 0.291 e.